The maximum absolute atomic E-state index is 11.7. The van der Waals surface area contributed by atoms with Crippen molar-refractivity contribution in [2.75, 3.05) is 18.9 Å². The summed E-state index contributed by atoms with van der Waals surface area (Å²) in [4.78, 5) is 12.8. The van der Waals surface area contributed by atoms with Crippen LogP contribution in [0.25, 0.3) is 10.6 Å². The molecule has 0 bridgehead atoms. The molecule has 2 rings (SSSR count). The first kappa shape index (κ1) is 18.0. The number of carbonyl (C=O) groups excluding carboxylic acids is 1. The van der Waals surface area contributed by atoms with Crippen LogP contribution in [0.1, 0.15) is 26.0 Å². The summed E-state index contributed by atoms with van der Waals surface area (Å²) in [7, 11) is 0. The zero-order valence-electron chi connectivity index (χ0n) is 13.4. The summed E-state index contributed by atoms with van der Waals surface area (Å²) in [6.07, 6.45) is 1.07. The third kappa shape index (κ3) is 6.76. The minimum absolute atomic E-state index is 0.0431. The number of aromatic nitrogens is 1. The van der Waals surface area contributed by atoms with Crippen LogP contribution in [0.5, 0.6) is 0 Å². The molecular formula is C16H22N2O3S2. The van der Waals surface area contributed by atoms with E-state index in [1.807, 2.05) is 37.4 Å². The highest BCUT2D eigenvalue weighted by molar-refractivity contribution is 7.99. The van der Waals surface area contributed by atoms with E-state index in [4.69, 9.17) is 9.26 Å². The number of hydrogen-bond acceptors (Lipinski definition) is 6. The van der Waals surface area contributed by atoms with Gasteiger partial charge in [-0.3, -0.25) is 4.79 Å². The normalized spacial score (nSPS) is 11.1. The molecule has 0 atom stereocenters. The second-order valence-electron chi connectivity index (χ2n) is 5.28. The Kier molecular flexibility index (Phi) is 7.64. The van der Waals surface area contributed by atoms with Gasteiger partial charge in [0.25, 0.3) is 0 Å². The Morgan fingerprint density at radius 2 is 2.39 bits per heavy atom. The van der Waals surface area contributed by atoms with Crippen LogP contribution in [0, 0.1) is 0 Å². The number of thiophene rings is 1. The smallest absolute Gasteiger partial charge is 0.230 e. The van der Waals surface area contributed by atoms with E-state index >= 15 is 0 Å². The molecule has 0 unspecified atom stereocenters. The number of nitrogens with one attached hydrogen (secondary N) is 1. The molecular weight excluding hydrogens is 332 g/mol. The van der Waals surface area contributed by atoms with Gasteiger partial charge in [-0.2, -0.15) is 0 Å². The summed E-state index contributed by atoms with van der Waals surface area (Å²) in [5.74, 6) is 1.91. The minimum Gasteiger partial charge on any atom is -0.379 e. The van der Waals surface area contributed by atoms with Gasteiger partial charge in [-0.15, -0.1) is 23.1 Å². The third-order valence-corrected chi connectivity index (χ3v) is 4.75. The zero-order chi connectivity index (χ0) is 16.5. The molecule has 2 heterocycles. The molecule has 1 N–H and O–H groups in total. The van der Waals surface area contributed by atoms with E-state index in [-0.39, 0.29) is 12.0 Å². The molecule has 126 valence electrons. The van der Waals surface area contributed by atoms with Gasteiger partial charge in [0.1, 0.15) is 0 Å². The monoisotopic (exact) mass is 354 g/mol. The number of nitrogens with zero attached hydrogens (tertiary/aromatic N) is 1. The summed E-state index contributed by atoms with van der Waals surface area (Å²) in [5, 5.41) is 8.93. The van der Waals surface area contributed by atoms with Gasteiger partial charge in [-0.1, -0.05) is 11.2 Å². The van der Waals surface area contributed by atoms with Crippen LogP contribution in [0.15, 0.2) is 28.1 Å². The molecule has 0 aliphatic rings. The first-order valence-corrected chi connectivity index (χ1v) is 9.64. The molecule has 0 aliphatic carbocycles. The standard InChI is InChI=1S/C16H22N2O3S2/c1-12(2)20-7-4-6-17-16(19)11-22-10-13-9-14(21-18-13)15-5-3-8-23-15/h3,5,8-9,12H,4,6-7,10-11H2,1-2H3,(H,17,19). The molecule has 0 spiro atoms. The summed E-state index contributed by atoms with van der Waals surface area (Å²) < 4.78 is 10.7. The topological polar surface area (TPSA) is 64.4 Å². The highest BCUT2D eigenvalue weighted by Crippen LogP contribution is 2.26. The first-order chi connectivity index (χ1) is 11.1. The van der Waals surface area contributed by atoms with E-state index in [9.17, 15) is 4.79 Å². The van der Waals surface area contributed by atoms with Crippen molar-refractivity contribution in [2.45, 2.75) is 32.1 Å². The lowest BCUT2D eigenvalue weighted by atomic mass is 10.3. The third-order valence-electron chi connectivity index (χ3n) is 2.90. The molecule has 2 aromatic rings. The lowest BCUT2D eigenvalue weighted by Gasteiger charge is -2.08. The fourth-order valence-electron chi connectivity index (χ4n) is 1.83. The zero-order valence-corrected chi connectivity index (χ0v) is 15.0. The van der Waals surface area contributed by atoms with Gasteiger partial charge >= 0.3 is 0 Å². The lowest BCUT2D eigenvalue weighted by Crippen LogP contribution is -2.27. The highest BCUT2D eigenvalue weighted by Gasteiger charge is 2.08. The molecule has 2 aromatic heterocycles. The molecule has 0 radical (unpaired) electrons. The van der Waals surface area contributed by atoms with E-state index in [1.165, 1.54) is 11.8 Å². The van der Waals surface area contributed by atoms with Crippen LogP contribution in [0.4, 0.5) is 0 Å². The Bertz CT molecular complexity index is 582. The van der Waals surface area contributed by atoms with Crippen molar-refractivity contribution in [1.29, 1.82) is 0 Å². The van der Waals surface area contributed by atoms with Gasteiger partial charge in [0.15, 0.2) is 5.76 Å². The predicted molar refractivity (Wildman–Crippen MR) is 94.7 cm³/mol. The van der Waals surface area contributed by atoms with E-state index in [0.29, 0.717) is 24.7 Å². The molecule has 23 heavy (non-hydrogen) atoms. The number of carbonyl (C=O) groups is 1. The Morgan fingerprint density at radius 3 is 3.13 bits per heavy atom. The molecule has 7 heteroatoms. The van der Waals surface area contributed by atoms with Crippen molar-refractivity contribution in [3.05, 3.63) is 29.3 Å². The molecule has 0 saturated carbocycles. The van der Waals surface area contributed by atoms with Gasteiger partial charge in [0, 0.05) is 25.0 Å². The fraction of sp³-hybridized carbons (Fsp3) is 0.500. The second-order valence-corrected chi connectivity index (χ2v) is 7.21. The van der Waals surface area contributed by atoms with Crippen LogP contribution < -0.4 is 5.32 Å². The largest absolute Gasteiger partial charge is 0.379 e. The van der Waals surface area contributed by atoms with Gasteiger partial charge in [-0.05, 0) is 31.7 Å². The molecule has 0 saturated heterocycles. The molecule has 0 aliphatic heterocycles. The van der Waals surface area contributed by atoms with Crippen molar-refractivity contribution < 1.29 is 14.1 Å². The number of thioether (sulfide) groups is 1. The lowest BCUT2D eigenvalue weighted by molar-refractivity contribution is -0.118. The predicted octanol–water partition coefficient (Wildman–Crippen LogP) is 3.57. The summed E-state index contributed by atoms with van der Waals surface area (Å²) >= 11 is 3.15. The first-order valence-electron chi connectivity index (χ1n) is 7.60. The quantitative estimate of drug-likeness (QED) is 0.661. The van der Waals surface area contributed by atoms with E-state index in [1.54, 1.807) is 11.3 Å². The Balaban J connectivity index is 1.59. The van der Waals surface area contributed by atoms with Crippen LogP contribution >= 0.6 is 23.1 Å². The molecule has 5 nitrogen and oxygen atoms in total. The van der Waals surface area contributed by atoms with Crippen LogP contribution in [0.3, 0.4) is 0 Å². The van der Waals surface area contributed by atoms with Crippen molar-refractivity contribution in [1.82, 2.24) is 10.5 Å². The Hall–Kier alpha value is -1.31. The minimum atomic E-state index is 0.0431. The Morgan fingerprint density at radius 1 is 1.52 bits per heavy atom. The van der Waals surface area contributed by atoms with E-state index in [2.05, 4.69) is 10.5 Å². The SMILES string of the molecule is CC(C)OCCCNC(=O)CSCc1cc(-c2cccs2)on1. The molecule has 1 amide bonds. The van der Waals surface area contributed by atoms with Crippen molar-refractivity contribution in [3.63, 3.8) is 0 Å². The van der Waals surface area contributed by atoms with Crippen LogP contribution in [-0.4, -0.2) is 36.1 Å². The van der Waals surface area contributed by atoms with Gasteiger partial charge in [0.05, 0.1) is 22.4 Å². The maximum Gasteiger partial charge on any atom is 0.230 e. The summed E-state index contributed by atoms with van der Waals surface area (Å²) in [5.41, 5.74) is 0.858. The van der Waals surface area contributed by atoms with Gasteiger partial charge in [-0.25, -0.2) is 0 Å². The number of rotatable bonds is 10. The van der Waals surface area contributed by atoms with Crippen LogP contribution in [-0.2, 0) is 15.3 Å². The second kappa shape index (κ2) is 9.75. The van der Waals surface area contributed by atoms with Crippen molar-refractivity contribution in [2.24, 2.45) is 0 Å². The maximum atomic E-state index is 11.7. The molecule has 0 aromatic carbocycles. The number of hydrogen-bond donors (Lipinski definition) is 1. The number of amides is 1. The van der Waals surface area contributed by atoms with Gasteiger partial charge < -0.3 is 14.6 Å². The van der Waals surface area contributed by atoms with E-state index in [0.717, 1.165) is 22.8 Å². The van der Waals surface area contributed by atoms with Gasteiger partial charge in [0.2, 0.25) is 5.91 Å². The molecule has 0 fully saturated rings. The van der Waals surface area contributed by atoms with E-state index < -0.39 is 0 Å². The van der Waals surface area contributed by atoms with Crippen molar-refractivity contribution in [3.8, 4) is 10.6 Å². The summed E-state index contributed by atoms with van der Waals surface area (Å²) in [6, 6.07) is 5.91. The summed E-state index contributed by atoms with van der Waals surface area (Å²) in [6.45, 7) is 5.33. The fourth-order valence-corrected chi connectivity index (χ4v) is 3.24. The van der Waals surface area contributed by atoms with Crippen molar-refractivity contribution >= 4 is 29.0 Å². The Labute approximate surface area is 144 Å². The highest BCUT2D eigenvalue weighted by atomic mass is 32.2. The number of ether oxygens (including phenoxy) is 1. The average Bonchev–Trinajstić information content (AvgIpc) is 3.17. The average molecular weight is 354 g/mol. The van der Waals surface area contributed by atoms with Crippen LogP contribution in [0.2, 0.25) is 0 Å².